The molecule has 0 amide bonds. The number of nitrogens with zero attached hydrogens (tertiary/aromatic N) is 1. The molecule has 0 saturated heterocycles. The quantitative estimate of drug-likeness (QED) is 0.461. The zero-order valence-corrected chi connectivity index (χ0v) is 16.5. The topological polar surface area (TPSA) is 12.4 Å². The Hall–Kier alpha value is -1.11. The molecule has 0 N–H and O–H groups in total. The lowest BCUT2D eigenvalue weighted by Crippen LogP contribution is -2.19. The molecule has 0 aliphatic heterocycles. The maximum absolute atomic E-state index is 4.35. The second-order valence-corrected chi connectivity index (χ2v) is 8.18. The first-order chi connectivity index (χ1) is 11.5. The molecule has 134 valence electrons. The predicted molar refractivity (Wildman–Crippen MR) is 107 cm³/mol. The lowest BCUT2D eigenvalue weighted by molar-refractivity contribution is 0.237. The van der Waals surface area contributed by atoms with Gasteiger partial charge in [0.1, 0.15) is 0 Å². The summed E-state index contributed by atoms with van der Waals surface area (Å²) in [5.41, 5.74) is 4.32. The molecule has 1 saturated carbocycles. The third kappa shape index (κ3) is 5.19. The van der Waals surface area contributed by atoms with Crippen molar-refractivity contribution in [3.8, 4) is 0 Å². The maximum atomic E-state index is 4.35. The lowest BCUT2D eigenvalue weighted by Gasteiger charge is -2.32. The van der Waals surface area contributed by atoms with E-state index in [2.05, 4.69) is 44.8 Å². The van der Waals surface area contributed by atoms with Gasteiger partial charge in [0.25, 0.3) is 0 Å². The van der Waals surface area contributed by atoms with Gasteiger partial charge in [0, 0.05) is 12.4 Å². The molecule has 2 aliphatic carbocycles. The summed E-state index contributed by atoms with van der Waals surface area (Å²) in [5.74, 6) is 3.09. The van der Waals surface area contributed by atoms with Crippen LogP contribution < -0.4 is 0 Å². The summed E-state index contributed by atoms with van der Waals surface area (Å²) in [6.07, 6.45) is 18.6. The summed E-state index contributed by atoms with van der Waals surface area (Å²) < 4.78 is 0. The van der Waals surface area contributed by atoms with Crippen LogP contribution in [0.3, 0.4) is 0 Å². The Morgan fingerprint density at radius 1 is 1.25 bits per heavy atom. The average molecular weight is 328 g/mol. The van der Waals surface area contributed by atoms with Crippen LogP contribution in [0.5, 0.6) is 0 Å². The second kappa shape index (κ2) is 9.39. The van der Waals surface area contributed by atoms with Crippen molar-refractivity contribution >= 4 is 6.21 Å². The first kappa shape index (κ1) is 19.2. The predicted octanol–water partition coefficient (Wildman–Crippen LogP) is 7.12. The summed E-state index contributed by atoms with van der Waals surface area (Å²) in [7, 11) is 0. The Morgan fingerprint density at radius 3 is 2.62 bits per heavy atom. The van der Waals surface area contributed by atoms with Crippen molar-refractivity contribution in [1.29, 1.82) is 0 Å². The SMILES string of the molecule is CC=N/C=C(\C)C1=CC(C)CC=C1C(C)CC(C)C1CCCCC1. The van der Waals surface area contributed by atoms with E-state index in [1.165, 1.54) is 56.1 Å². The van der Waals surface area contributed by atoms with E-state index in [4.69, 9.17) is 0 Å². The Kier molecular flexibility index (Phi) is 7.52. The number of allylic oxidation sites excluding steroid dienone is 5. The molecule has 1 fully saturated rings. The van der Waals surface area contributed by atoms with Crippen molar-refractivity contribution < 1.29 is 0 Å². The number of rotatable bonds is 6. The van der Waals surface area contributed by atoms with Crippen LogP contribution in [0.4, 0.5) is 0 Å². The summed E-state index contributed by atoms with van der Waals surface area (Å²) >= 11 is 0. The van der Waals surface area contributed by atoms with Crippen LogP contribution in [0.1, 0.15) is 79.6 Å². The summed E-state index contributed by atoms with van der Waals surface area (Å²) in [6, 6.07) is 0. The molecule has 0 heterocycles. The number of hydrogen-bond donors (Lipinski definition) is 0. The lowest BCUT2D eigenvalue weighted by atomic mass is 9.74. The average Bonchev–Trinajstić information content (AvgIpc) is 2.60. The summed E-state index contributed by atoms with van der Waals surface area (Å²) in [4.78, 5) is 4.35. The van der Waals surface area contributed by atoms with Crippen molar-refractivity contribution in [1.82, 2.24) is 0 Å². The van der Waals surface area contributed by atoms with Gasteiger partial charge in [-0.3, -0.25) is 4.99 Å². The fourth-order valence-electron chi connectivity index (χ4n) is 4.53. The molecule has 2 rings (SSSR count). The first-order valence-corrected chi connectivity index (χ1v) is 10.1. The Bertz CT molecular complexity index is 514. The van der Waals surface area contributed by atoms with Crippen LogP contribution in [0.15, 0.2) is 40.1 Å². The van der Waals surface area contributed by atoms with Gasteiger partial charge in [0.2, 0.25) is 0 Å². The van der Waals surface area contributed by atoms with Gasteiger partial charge in [-0.1, -0.05) is 65.0 Å². The largest absolute Gasteiger partial charge is 0.269 e. The van der Waals surface area contributed by atoms with Gasteiger partial charge in [-0.05, 0) is 67.1 Å². The van der Waals surface area contributed by atoms with E-state index in [1.807, 2.05) is 19.3 Å². The standard InChI is InChI=1S/C23H37N/c1-6-24-16-20(5)23-14-17(2)12-13-22(23)19(4)15-18(3)21-10-8-7-9-11-21/h6,13-14,16-19,21H,7-12,15H2,1-5H3/b20-16+,24-6?. The summed E-state index contributed by atoms with van der Waals surface area (Å²) in [6.45, 7) is 11.4. The molecule has 24 heavy (non-hydrogen) atoms. The van der Waals surface area contributed by atoms with Crippen molar-refractivity contribution in [3.05, 3.63) is 35.1 Å². The molecule has 0 aromatic carbocycles. The second-order valence-electron chi connectivity index (χ2n) is 8.18. The molecule has 0 bridgehead atoms. The number of aliphatic imine (C=N–C) groups is 1. The minimum Gasteiger partial charge on any atom is -0.269 e. The van der Waals surface area contributed by atoms with E-state index < -0.39 is 0 Å². The van der Waals surface area contributed by atoms with Crippen LogP contribution >= 0.6 is 0 Å². The molecular weight excluding hydrogens is 290 g/mol. The van der Waals surface area contributed by atoms with E-state index in [0.29, 0.717) is 11.8 Å². The first-order valence-electron chi connectivity index (χ1n) is 10.1. The maximum Gasteiger partial charge on any atom is 0.0298 e. The Balaban J connectivity index is 2.08. The molecule has 0 aromatic rings. The molecule has 0 aromatic heterocycles. The molecule has 0 radical (unpaired) electrons. The molecule has 1 nitrogen and oxygen atoms in total. The van der Waals surface area contributed by atoms with Gasteiger partial charge in [0.15, 0.2) is 0 Å². The zero-order chi connectivity index (χ0) is 17.5. The third-order valence-electron chi connectivity index (χ3n) is 6.02. The molecule has 1 heteroatoms. The molecule has 0 spiro atoms. The van der Waals surface area contributed by atoms with Gasteiger partial charge in [-0.15, -0.1) is 0 Å². The minimum absolute atomic E-state index is 0.640. The van der Waals surface area contributed by atoms with Crippen LogP contribution in [-0.2, 0) is 0 Å². The van der Waals surface area contributed by atoms with Gasteiger partial charge in [-0.25, -0.2) is 0 Å². The van der Waals surface area contributed by atoms with E-state index in [0.717, 1.165) is 11.8 Å². The highest BCUT2D eigenvalue weighted by Gasteiger charge is 2.25. The molecular formula is C23H37N. The Labute approximate surface area is 150 Å². The highest BCUT2D eigenvalue weighted by atomic mass is 14.7. The molecule has 3 unspecified atom stereocenters. The highest BCUT2D eigenvalue weighted by Crippen LogP contribution is 2.39. The van der Waals surface area contributed by atoms with E-state index in [9.17, 15) is 0 Å². The van der Waals surface area contributed by atoms with Crippen molar-refractivity contribution in [2.24, 2.45) is 28.7 Å². The van der Waals surface area contributed by atoms with Gasteiger partial charge < -0.3 is 0 Å². The van der Waals surface area contributed by atoms with Gasteiger partial charge >= 0.3 is 0 Å². The van der Waals surface area contributed by atoms with Crippen molar-refractivity contribution in [2.45, 2.75) is 79.6 Å². The van der Waals surface area contributed by atoms with Gasteiger partial charge in [-0.2, -0.15) is 0 Å². The van der Waals surface area contributed by atoms with Crippen molar-refractivity contribution in [2.75, 3.05) is 0 Å². The highest BCUT2D eigenvalue weighted by molar-refractivity contribution is 5.56. The van der Waals surface area contributed by atoms with Gasteiger partial charge in [0.05, 0.1) is 0 Å². The van der Waals surface area contributed by atoms with E-state index in [1.54, 1.807) is 5.57 Å². The summed E-state index contributed by atoms with van der Waals surface area (Å²) in [5, 5.41) is 0. The minimum atomic E-state index is 0.640. The fraction of sp³-hybridized carbons (Fsp3) is 0.696. The van der Waals surface area contributed by atoms with E-state index >= 15 is 0 Å². The third-order valence-corrected chi connectivity index (χ3v) is 6.02. The monoisotopic (exact) mass is 327 g/mol. The normalized spacial score (nSPS) is 26.2. The fourth-order valence-corrected chi connectivity index (χ4v) is 4.53. The Morgan fingerprint density at radius 2 is 1.96 bits per heavy atom. The zero-order valence-electron chi connectivity index (χ0n) is 16.5. The molecule has 3 atom stereocenters. The van der Waals surface area contributed by atoms with Crippen LogP contribution in [-0.4, -0.2) is 6.21 Å². The molecule has 2 aliphatic rings. The van der Waals surface area contributed by atoms with Crippen LogP contribution in [0.25, 0.3) is 0 Å². The van der Waals surface area contributed by atoms with Crippen molar-refractivity contribution in [3.63, 3.8) is 0 Å². The van der Waals surface area contributed by atoms with E-state index in [-0.39, 0.29) is 0 Å². The smallest absolute Gasteiger partial charge is 0.0298 e. The van der Waals surface area contributed by atoms with Crippen LogP contribution in [0, 0.1) is 23.7 Å². The number of hydrogen-bond acceptors (Lipinski definition) is 1. The van der Waals surface area contributed by atoms with Crippen LogP contribution in [0.2, 0.25) is 0 Å².